The fourth-order valence-corrected chi connectivity index (χ4v) is 9.49. The van der Waals surface area contributed by atoms with Gasteiger partial charge in [-0.25, -0.2) is 9.69 Å². The normalized spacial score (nSPS) is 26.0. The molecule has 4 aromatic rings. The molecule has 1 heterocycles. The van der Waals surface area contributed by atoms with E-state index in [2.05, 4.69) is 0 Å². The van der Waals surface area contributed by atoms with Gasteiger partial charge >= 0.3 is 5.97 Å². The smallest absolute Gasteiger partial charge is 0.339 e. The van der Waals surface area contributed by atoms with E-state index in [0.717, 1.165) is 17.0 Å². The summed E-state index contributed by atoms with van der Waals surface area (Å²) in [6.45, 7) is 0. The monoisotopic (exact) mass is 725 g/mol. The molecule has 11 nitrogen and oxygen atoms in total. The lowest BCUT2D eigenvalue weighted by molar-refractivity contribution is -0.135. The number of ketones is 2. The van der Waals surface area contributed by atoms with Gasteiger partial charge in [-0.05, 0) is 48.1 Å². The van der Waals surface area contributed by atoms with Crippen LogP contribution in [0.5, 0.6) is 23.0 Å². The van der Waals surface area contributed by atoms with Crippen LogP contribution in [0.3, 0.4) is 0 Å². The average molecular weight is 726 g/mol. The first-order valence-electron chi connectivity index (χ1n) is 17.5. The molecule has 0 spiro atoms. The number of rotatable bonds is 7. The van der Waals surface area contributed by atoms with Gasteiger partial charge in [0.05, 0.1) is 37.2 Å². The molecule has 4 aromatic carbocycles. The summed E-state index contributed by atoms with van der Waals surface area (Å²) in [4.78, 5) is 71.9. The number of carboxylic acid groups (broad SMARTS) is 1. The topological polar surface area (TPSA) is 168 Å². The van der Waals surface area contributed by atoms with Crippen molar-refractivity contribution < 1.29 is 48.8 Å². The Labute approximate surface area is 309 Å². The number of fused-ring (bicyclic) bond motifs is 4. The third-order valence-corrected chi connectivity index (χ3v) is 11.7. The molecule has 1 saturated carbocycles. The van der Waals surface area contributed by atoms with Crippen LogP contribution in [-0.2, 0) is 24.6 Å². The molecule has 272 valence electrons. The number of allylic oxidation sites excluding steroid dienone is 4. The van der Waals surface area contributed by atoms with Gasteiger partial charge in [-0.2, -0.15) is 0 Å². The number of hydrogen-bond acceptors (Lipinski definition) is 9. The maximum Gasteiger partial charge on any atom is 0.339 e. The van der Waals surface area contributed by atoms with Crippen LogP contribution in [0.1, 0.15) is 45.8 Å². The highest BCUT2D eigenvalue weighted by atomic mass is 16.5. The summed E-state index contributed by atoms with van der Waals surface area (Å²) in [5.41, 5.74) is 0.521. The molecular formula is C43H35NO10. The number of phenolic OH excluding ortho intramolecular Hbond substituents is 1. The molecular weight excluding hydrogens is 690 g/mol. The maximum atomic E-state index is 15.3. The number of amides is 2. The number of aromatic hydroxyl groups is 2. The van der Waals surface area contributed by atoms with Crippen molar-refractivity contribution >= 4 is 40.6 Å². The van der Waals surface area contributed by atoms with Gasteiger partial charge in [-0.3, -0.25) is 19.2 Å². The quantitative estimate of drug-likeness (QED) is 0.156. The Balaban J connectivity index is 1.38. The molecule has 1 saturated heterocycles. The van der Waals surface area contributed by atoms with Gasteiger partial charge in [0.25, 0.3) is 0 Å². The lowest BCUT2D eigenvalue weighted by Crippen LogP contribution is -2.59. The van der Waals surface area contributed by atoms with E-state index in [9.17, 15) is 29.7 Å². The number of carboxylic acids is 1. The van der Waals surface area contributed by atoms with Crippen LogP contribution in [0.4, 0.5) is 5.69 Å². The van der Waals surface area contributed by atoms with E-state index >= 15 is 9.59 Å². The molecule has 6 unspecified atom stereocenters. The van der Waals surface area contributed by atoms with Crippen LogP contribution in [-0.4, -0.2) is 58.9 Å². The molecule has 3 aliphatic carbocycles. The van der Waals surface area contributed by atoms with Gasteiger partial charge < -0.3 is 24.8 Å². The van der Waals surface area contributed by atoms with Crippen molar-refractivity contribution in [3.63, 3.8) is 0 Å². The average Bonchev–Trinajstić information content (AvgIpc) is 3.44. The zero-order valence-corrected chi connectivity index (χ0v) is 29.3. The van der Waals surface area contributed by atoms with Crippen molar-refractivity contribution in [2.75, 3.05) is 19.1 Å². The number of imide groups is 1. The lowest BCUT2D eigenvalue weighted by atomic mass is 9.44. The third kappa shape index (κ3) is 4.91. The van der Waals surface area contributed by atoms with E-state index in [-0.39, 0.29) is 58.5 Å². The summed E-state index contributed by atoms with van der Waals surface area (Å²) in [5, 5.41) is 30.7. The van der Waals surface area contributed by atoms with Crippen molar-refractivity contribution in [3.8, 4) is 23.0 Å². The minimum atomic E-state index is -1.56. The van der Waals surface area contributed by atoms with Gasteiger partial charge in [-0.15, -0.1) is 0 Å². The second-order valence-corrected chi connectivity index (χ2v) is 14.1. The highest BCUT2D eigenvalue weighted by Crippen LogP contribution is 2.65. The predicted molar refractivity (Wildman–Crippen MR) is 195 cm³/mol. The number of nitrogens with zero attached hydrogens (tertiary/aromatic N) is 1. The number of methoxy groups -OCH3 is 2. The molecule has 1 aliphatic heterocycles. The number of carbonyl (C=O) groups is 5. The molecule has 8 rings (SSSR count). The highest BCUT2D eigenvalue weighted by molar-refractivity contribution is 6.32. The lowest BCUT2D eigenvalue weighted by Gasteiger charge is -2.55. The predicted octanol–water partition coefficient (Wildman–Crippen LogP) is 5.84. The number of carbonyl (C=O) groups excluding carboxylic acids is 4. The second kappa shape index (κ2) is 12.9. The minimum absolute atomic E-state index is 0.0227. The molecule has 54 heavy (non-hydrogen) atoms. The van der Waals surface area contributed by atoms with Gasteiger partial charge in [0.15, 0.2) is 11.6 Å². The van der Waals surface area contributed by atoms with Crippen LogP contribution in [0.25, 0.3) is 5.57 Å². The van der Waals surface area contributed by atoms with Crippen molar-refractivity contribution in [1.29, 1.82) is 0 Å². The summed E-state index contributed by atoms with van der Waals surface area (Å²) < 4.78 is 11.8. The van der Waals surface area contributed by atoms with Crippen LogP contribution in [0, 0.1) is 23.7 Å². The van der Waals surface area contributed by atoms with Crippen LogP contribution >= 0.6 is 0 Å². The molecule has 4 aliphatic rings. The molecule has 2 fully saturated rings. The molecule has 3 N–H and O–H groups in total. The van der Waals surface area contributed by atoms with Crippen molar-refractivity contribution in [2.45, 2.75) is 24.2 Å². The number of Topliss-reactive ketones (excluding diaryl/α,β-unsaturated/α-hetero) is 1. The second-order valence-electron chi connectivity index (χ2n) is 14.1. The molecule has 11 heteroatoms. The number of ether oxygens (including phenoxy) is 2. The first-order chi connectivity index (χ1) is 26.0. The zero-order valence-electron chi connectivity index (χ0n) is 29.3. The molecule has 0 aromatic heterocycles. The number of aromatic carboxylic acids is 1. The largest absolute Gasteiger partial charge is 0.508 e. The molecule has 0 radical (unpaired) electrons. The van der Waals surface area contributed by atoms with Crippen LogP contribution < -0.4 is 14.4 Å². The summed E-state index contributed by atoms with van der Waals surface area (Å²) in [6.07, 6.45) is 3.47. The van der Waals surface area contributed by atoms with E-state index in [1.165, 1.54) is 38.5 Å². The number of anilines is 1. The van der Waals surface area contributed by atoms with Gasteiger partial charge in [0.2, 0.25) is 11.8 Å². The minimum Gasteiger partial charge on any atom is -0.508 e. The van der Waals surface area contributed by atoms with Crippen molar-refractivity contribution in [1.82, 2.24) is 0 Å². The molecule has 6 atom stereocenters. The summed E-state index contributed by atoms with van der Waals surface area (Å²) in [5.74, 6) is -7.92. The van der Waals surface area contributed by atoms with Gasteiger partial charge in [0, 0.05) is 41.2 Å². The Morgan fingerprint density at radius 2 is 1.46 bits per heavy atom. The summed E-state index contributed by atoms with van der Waals surface area (Å²) in [7, 11) is 2.86. The number of hydrogen-bond donors (Lipinski definition) is 3. The van der Waals surface area contributed by atoms with E-state index in [4.69, 9.17) is 9.47 Å². The van der Waals surface area contributed by atoms with Crippen molar-refractivity contribution in [2.24, 2.45) is 23.7 Å². The Kier molecular flexibility index (Phi) is 8.24. The zero-order chi connectivity index (χ0) is 38.1. The Morgan fingerprint density at radius 1 is 0.815 bits per heavy atom. The Morgan fingerprint density at radius 3 is 2.07 bits per heavy atom. The first-order valence-corrected chi connectivity index (χ1v) is 17.5. The van der Waals surface area contributed by atoms with Crippen LogP contribution in [0.15, 0.2) is 109 Å². The fourth-order valence-electron chi connectivity index (χ4n) is 9.49. The third-order valence-electron chi connectivity index (χ3n) is 11.7. The van der Waals surface area contributed by atoms with E-state index in [0.29, 0.717) is 22.3 Å². The van der Waals surface area contributed by atoms with E-state index < -0.39 is 58.5 Å². The number of phenols is 2. The van der Waals surface area contributed by atoms with E-state index in [1.54, 1.807) is 36.4 Å². The van der Waals surface area contributed by atoms with Gasteiger partial charge in [-0.1, -0.05) is 72.3 Å². The number of benzene rings is 4. The van der Waals surface area contributed by atoms with Crippen LogP contribution in [0.2, 0.25) is 0 Å². The van der Waals surface area contributed by atoms with Gasteiger partial charge in [0.1, 0.15) is 28.6 Å². The SMILES string of the molecule is COc1cc(O)cc(OC)c1C1C2=CCC3C(=O)N(c4ccc(C(=O)O)c(O)c4)C(=O)C3C2CC2C(=O)C(c3ccccc3)=CC(=O)C21c1ccccc1. The standard InChI is InChI=1S/C43H35NO10/c1-53-33-18-25(45)19-34(54-2)37(33)38-26-15-16-28-36(41(50)44(40(28)49)24-13-14-27(42(51)52)32(46)17-24)30(26)20-31-39(48)29(22-9-5-3-6-10-22)21-35(47)43(31,38)23-11-7-4-8-12-23/h3-15,17-19,21,28,30-31,36,38,45-46H,16,20H2,1-2H3,(H,51,52). The summed E-state index contributed by atoms with van der Waals surface area (Å²) >= 11 is 0. The Hall–Kier alpha value is -6.49. The first kappa shape index (κ1) is 34.6. The summed E-state index contributed by atoms with van der Waals surface area (Å²) in [6, 6.07) is 24.3. The maximum absolute atomic E-state index is 15.3. The van der Waals surface area contributed by atoms with Crippen molar-refractivity contribution in [3.05, 3.63) is 131 Å². The highest BCUT2D eigenvalue weighted by Gasteiger charge is 2.66. The fraction of sp³-hybridized carbons (Fsp3) is 0.233. The molecule has 2 amide bonds. The molecule has 0 bridgehead atoms. The van der Waals surface area contributed by atoms with E-state index in [1.807, 2.05) is 30.3 Å². The Bertz CT molecular complexity index is 2310.